The molecule has 1 aromatic heterocycles. The Morgan fingerprint density at radius 2 is 1.91 bits per heavy atom. The van der Waals surface area contributed by atoms with Crippen LogP contribution in [0.5, 0.6) is 0 Å². The Bertz CT molecular complexity index is 577. The van der Waals surface area contributed by atoms with Crippen LogP contribution >= 0.6 is 11.3 Å². The zero-order valence-electron chi connectivity index (χ0n) is 13.3. The lowest BCUT2D eigenvalue weighted by Gasteiger charge is -2.11. The van der Waals surface area contributed by atoms with E-state index >= 15 is 0 Å². The van der Waals surface area contributed by atoms with Crippen LogP contribution in [0.15, 0.2) is 40.7 Å². The lowest BCUT2D eigenvalue weighted by Crippen LogP contribution is -2.38. The molecule has 2 N–H and O–H groups in total. The van der Waals surface area contributed by atoms with Crippen molar-refractivity contribution in [1.29, 1.82) is 0 Å². The second-order valence-corrected chi connectivity index (χ2v) is 6.09. The maximum atomic E-state index is 4.48. The minimum atomic E-state index is 0.867. The van der Waals surface area contributed by atoms with Crippen LogP contribution in [0, 0.1) is 6.92 Å². The van der Waals surface area contributed by atoms with E-state index in [1.54, 1.807) is 11.3 Å². The zero-order chi connectivity index (χ0) is 15.6. The Labute approximate surface area is 136 Å². The Morgan fingerprint density at radius 3 is 2.59 bits per heavy atom. The van der Waals surface area contributed by atoms with Gasteiger partial charge in [-0.1, -0.05) is 30.3 Å². The first kappa shape index (κ1) is 16.5. The van der Waals surface area contributed by atoms with E-state index in [2.05, 4.69) is 50.3 Å². The monoisotopic (exact) mass is 316 g/mol. The third-order valence-corrected chi connectivity index (χ3v) is 4.33. The molecule has 1 heterocycles. The fourth-order valence-electron chi connectivity index (χ4n) is 2.15. The van der Waals surface area contributed by atoms with Crippen molar-refractivity contribution in [3.63, 3.8) is 0 Å². The molecule has 0 aliphatic heterocycles. The third kappa shape index (κ3) is 5.85. The first-order valence-electron chi connectivity index (χ1n) is 7.67. The lowest BCUT2D eigenvalue weighted by atomic mass is 10.1. The van der Waals surface area contributed by atoms with E-state index in [0.717, 1.165) is 44.0 Å². The summed E-state index contributed by atoms with van der Waals surface area (Å²) in [5.74, 6) is 0.867. The van der Waals surface area contributed by atoms with Gasteiger partial charge in [-0.05, 0) is 25.3 Å². The number of aliphatic imine (C=N–C) groups is 1. The minimum absolute atomic E-state index is 0.867. The Morgan fingerprint density at radius 1 is 1.14 bits per heavy atom. The van der Waals surface area contributed by atoms with Crippen LogP contribution in [0.3, 0.4) is 0 Å². The Balaban J connectivity index is 1.61. The summed E-state index contributed by atoms with van der Waals surface area (Å²) >= 11 is 1.74. The minimum Gasteiger partial charge on any atom is -0.356 e. The average Bonchev–Trinajstić information content (AvgIpc) is 2.96. The molecule has 0 saturated carbocycles. The summed E-state index contributed by atoms with van der Waals surface area (Å²) in [4.78, 5) is 8.72. The molecule has 0 spiro atoms. The second-order valence-electron chi connectivity index (χ2n) is 5.15. The van der Waals surface area contributed by atoms with E-state index in [1.807, 2.05) is 20.0 Å². The quantitative estimate of drug-likeness (QED) is 0.469. The SMILES string of the molecule is CN=C(NCCCc1nc(C)cs1)NCCc1ccccc1. The van der Waals surface area contributed by atoms with Crippen LogP contribution in [0.2, 0.25) is 0 Å². The highest BCUT2D eigenvalue weighted by Gasteiger charge is 2.00. The number of nitrogens with one attached hydrogen (secondary N) is 2. The molecule has 22 heavy (non-hydrogen) atoms. The van der Waals surface area contributed by atoms with Gasteiger partial charge in [0.05, 0.1) is 5.01 Å². The van der Waals surface area contributed by atoms with Crippen LogP contribution in [0.4, 0.5) is 0 Å². The van der Waals surface area contributed by atoms with Crippen LogP contribution in [0.25, 0.3) is 0 Å². The van der Waals surface area contributed by atoms with Gasteiger partial charge in [-0.2, -0.15) is 0 Å². The fourth-order valence-corrected chi connectivity index (χ4v) is 2.97. The van der Waals surface area contributed by atoms with Gasteiger partial charge in [0, 0.05) is 37.6 Å². The highest BCUT2D eigenvalue weighted by Crippen LogP contribution is 2.10. The number of nitrogens with zero attached hydrogens (tertiary/aromatic N) is 2. The van der Waals surface area contributed by atoms with Crippen LogP contribution in [-0.2, 0) is 12.8 Å². The third-order valence-electron chi connectivity index (χ3n) is 3.30. The molecule has 0 aliphatic rings. The van der Waals surface area contributed by atoms with Crippen molar-refractivity contribution < 1.29 is 0 Å². The number of hydrogen-bond donors (Lipinski definition) is 2. The molecule has 4 nitrogen and oxygen atoms in total. The fraction of sp³-hybridized carbons (Fsp3) is 0.412. The molecular formula is C17H24N4S. The topological polar surface area (TPSA) is 49.3 Å². The standard InChI is InChI=1S/C17H24N4S/c1-14-13-22-16(21-14)9-6-11-19-17(18-2)20-12-10-15-7-4-3-5-8-15/h3-5,7-8,13H,6,9-12H2,1-2H3,(H2,18,19,20). The number of thiazole rings is 1. The molecule has 2 aromatic rings. The van der Waals surface area contributed by atoms with Gasteiger partial charge in [-0.15, -0.1) is 11.3 Å². The first-order valence-corrected chi connectivity index (χ1v) is 8.55. The molecule has 5 heteroatoms. The van der Waals surface area contributed by atoms with Crippen molar-refractivity contribution in [2.75, 3.05) is 20.1 Å². The molecule has 0 amide bonds. The molecule has 0 radical (unpaired) electrons. The zero-order valence-corrected chi connectivity index (χ0v) is 14.1. The highest BCUT2D eigenvalue weighted by molar-refractivity contribution is 7.09. The van der Waals surface area contributed by atoms with Crippen LogP contribution in [-0.4, -0.2) is 31.1 Å². The molecular weight excluding hydrogens is 292 g/mol. The van der Waals surface area contributed by atoms with Gasteiger partial charge in [-0.25, -0.2) is 4.98 Å². The molecule has 1 aromatic carbocycles. The molecule has 0 saturated heterocycles. The molecule has 0 bridgehead atoms. The number of aromatic nitrogens is 1. The van der Waals surface area contributed by atoms with Crippen LogP contribution in [0.1, 0.15) is 22.7 Å². The smallest absolute Gasteiger partial charge is 0.190 e. The van der Waals surface area contributed by atoms with Crippen molar-refractivity contribution in [2.45, 2.75) is 26.2 Å². The maximum absolute atomic E-state index is 4.48. The van der Waals surface area contributed by atoms with Gasteiger partial charge < -0.3 is 10.6 Å². The van der Waals surface area contributed by atoms with Gasteiger partial charge in [-0.3, -0.25) is 4.99 Å². The van der Waals surface area contributed by atoms with Crippen molar-refractivity contribution in [1.82, 2.24) is 15.6 Å². The van der Waals surface area contributed by atoms with Gasteiger partial charge >= 0.3 is 0 Å². The molecule has 2 rings (SSSR count). The summed E-state index contributed by atoms with van der Waals surface area (Å²) in [6, 6.07) is 10.5. The Hall–Kier alpha value is -1.88. The largest absolute Gasteiger partial charge is 0.356 e. The van der Waals surface area contributed by atoms with E-state index in [9.17, 15) is 0 Å². The molecule has 0 fully saturated rings. The van der Waals surface area contributed by atoms with Crippen molar-refractivity contribution in [2.24, 2.45) is 4.99 Å². The van der Waals surface area contributed by atoms with Crippen molar-refractivity contribution in [3.05, 3.63) is 52.0 Å². The number of hydrogen-bond acceptors (Lipinski definition) is 3. The number of guanidine groups is 1. The molecule has 0 atom stereocenters. The number of benzene rings is 1. The van der Waals surface area contributed by atoms with Crippen molar-refractivity contribution >= 4 is 17.3 Å². The van der Waals surface area contributed by atoms with Gasteiger partial charge in [0.25, 0.3) is 0 Å². The summed E-state index contributed by atoms with van der Waals surface area (Å²) in [5, 5.41) is 10.0. The summed E-state index contributed by atoms with van der Waals surface area (Å²) in [6.07, 6.45) is 3.08. The van der Waals surface area contributed by atoms with E-state index in [-0.39, 0.29) is 0 Å². The normalized spacial score (nSPS) is 11.5. The van der Waals surface area contributed by atoms with Crippen LogP contribution < -0.4 is 10.6 Å². The van der Waals surface area contributed by atoms with E-state index in [4.69, 9.17) is 0 Å². The summed E-state index contributed by atoms with van der Waals surface area (Å²) in [5.41, 5.74) is 2.45. The highest BCUT2D eigenvalue weighted by atomic mass is 32.1. The van der Waals surface area contributed by atoms with E-state index in [0.29, 0.717) is 0 Å². The van der Waals surface area contributed by atoms with E-state index < -0.39 is 0 Å². The second kappa shape index (κ2) is 9.20. The lowest BCUT2D eigenvalue weighted by molar-refractivity contribution is 0.736. The van der Waals surface area contributed by atoms with Gasteiger partial charge in [0.2, 0.25) is 0 Å². The summed E-state index contributed by atoms with van der Waals surface area (Å²) < 4.78 is 0. The predicted molar refractivity (Wildman–Crippen MR) is 94.7 cm³/mol. The number of aryl methyl sites for hydroxylation is 2. The maximum Gasteiger partial charge on any atom is 0.190 e. The molecule has 118 valence electrons. The first-order chi connectivity index (χ1) is 10.8. The van der Waals surface area contributed by atoms with Gasteiger partial charge in [0.15, 0.2) is 5.96 Å². The predicted octanol–water partition coefficient (Wildman–Crippen LogP) is 2.79. The van der Waals surface area contributed by atoms with Gasteiger partial charge in [0.1, 0.15) is 0 Å². The summed E-state index contributed by atoms with van der Waals surface area (Å²) in [7, 11) is 1.81. The van der Waals surface area contributed by atoms with E-state index in [1.165, 1.54) is 10.6 Å². The average molecular weight is 316 g/mol. The molecule has 0 aliphatic carbocycles. The summed E-state index contributed by atoms with van der Waals surface area (Å²) in [6.45, 7) is 3.83. The number of rotatable bonds is 7. The Kier molecular flexibility index (Phi) is 6.90. The molecule has 0 unspecified atom stereocenters. The van der Waals surface area contributed by atoms with Crippen molar-refractivity contribution in [3.8, 4) is 0 Å².